The largest absolute Gasteiger partial charge is 0.494 e. The number of carbonyl (C=O) groups excluding carboxylic acids is 3. The molecule has 1 amide bonds. The minimum Gasteiger partial charge on any atom is -0.494 e. The molecule has 31 heavy (non-hydrogen) atoms. The first-order chi connectivity index (χ1) is 14.6. The van der Waals surface area contributed by atoms with Gasteiger partial charge >= 0.3 is 6.09 Å². The number of amides is 1. The molecular formula is C23H35NO5S2. The van der Waals surface area contributed by atoms with Crippen LogP contribution in [0.5, 0.6) is 5.75 Å². The van der Waals surface area contributed by atoms with Crippen LogP contribution in [0.3, 0.4) is 0 Å². The molecule has 0 unspecified atom stereocenters. The van der Waals surface area contributed by atoms with E-state index in [0.717, 1.165) is 42.6 Å². The van der Waals surface area contributed by atoms with Gasteiger partial charge in [0.1, 0.15) is 11.4 Å². The van der Waals surface area contributed by atoms with Gasteiger partial charge in [0.2, 0.25) is 0 Å². The minimum atomic E-state index is -0.476. The lowest BCUT2D eigenvalue weighted by molar-refractivity contribution is -0.109. The Labute approximate surface area is 194 Å². The van der Waals surface area contributed by atoms with E-state index in [0.29, 0.717) is 24.7 Å². The Bertz CT molecular complexity index is 731. The fourth-order valence-corrected chi connectivity index (χ4v) is 3.87. The van der Waals surface area contributed by atoms with Gasteiger partial charge in [-0.25, -0.2) is 4.79 Å². The summed E-state index contributed by atoms with van der Waals surface area (Å²) in [4.78, 5) is 34.2. The van der Waals surface area contributed by atoms with Gasteiger partial charge in [-0.15, -0.1) is 0 Å². The van der Waals surface area contributed by atoms with E-state index in [1.165, 1.54) is 23.5 Å². The van der Waals surface area contributed by atoms with Crippen LogP contribution in [0.1, 0.15) is 71.4 Å². The molecule has 0 heterocycles. The Morgan fingerprint density at radius 1 is 0.903 bits per heavy atom. The summed E-state index contributed by atoms with van der Waals surface area (Å²) in [5.74, 6) is 1.95. The molecule has 0 aliphatic heterocycles. The number of hydrogen-bond acceptors (Lipinski definition) is 7. The van der Waals surface area contributed by atoms with Crippen molar-refractivity contribution in [3.8, 4) is 5.75 Å². The Kier molecular flexibility index (Phi) is 12.7. The molecule has 0 aliphatic rings. The third-order valence-corrected chi connectivity index (χ3v) is 5.77. The summed E-state index contributed by atoms with van der Waals surface area (Å²) < 4.78 is 11.1. The van der Waals surface area contributed by atoms with E-state index in [1.807, 2.05) is 39.0 Å². The van der Waals surface area contributed by atoms with Crippen LogP contribution in [0.15, 0.2) is 18.2 Å². The molecule has 8 heteroatoms. The smallest absolute Gasteiger partial charge is 0.407 e. The number of nitrogens with one attached hydrogen (secondary N) is 1. The highest BCUT2D eigenvalue weighted by molar-refractivity contribution is 8.13. The van der Waals surface area contributed by atoms with E-state index in [-0.39, 0.29) is 16.3 Å². The van der Waals surface area contributed by atoms with Crippen molar-refractivity contribution < 1.29 is 23.9 Å². The fourth-order valence-electron chi connectivity index (χ4n) is 2.60. The van der Waals surface area contributed by atoms with Gasteiger partial charge in [0.25, 0.3) is 0 Å². The number of hydrogen-bond donors (Lipinski definition) is 1. The topological polar surface area (TPSA) is 81.7 Å². The molecule has 0 aromatic heterocycles. The maximum atomic E-state index is 11.6. The summed E-state index contributed by atoms with van der Waals surface area (Å²) in [7, 11) is 0. The summed E-state index contributed by atoms with van der Waals surface area (Å²) in [5.41, 5.74) is 1.61. The second-order valence-electron chi connectivity index (χ2n) is 8.18. The average Bonchev–Trinajstić information content (AvgIpc) is 2.65. The molecule has 0 saturated heterocycles. The zero-order valence-corrected chi connectivity index (χ0v) is 20.9. The van der Waals surface area contributed by atoms with Crippen molar-refractivity contribution in [1.82, 2.24) is 5.32 Å². The van der Waals surface area contributed by atoms with Crippen molar-refractivity contribution in [3.05, 3.63) is 29.3 Å². The van der Waals surface area contributed by atoms with Crippen molar-refractivity contribution >= 4 is 39.8 Å². The number of rotatable bonds is 12. The van der Waals surface area contributed by atoms with Crippen molar-refractivity contribution in [1.29, 1.82) is 0 Å². The standard InChI is InChI=1S/C23H35NO5S2/c1-17(25)30-15-19-10-11-21(14-20(19)16-31-18(2)26)28-13-9-7-6-8-12-24-22(27)29-23(3,4)5/h10-11,14H,6-9,12-13,15-16H2,1-5H3,(H,24,27). The highest BCUT2D eigenvalue weighted by Crippen LogP contribution is 2.26. The molecular weight excluding hydrogens is 434 g/mol. The van der Waals surface area contributed by atoms with Gasteiger partial charge in [-0.2, -0.15) is 0 Å². The molecule has 1 aromatic carbocycles. The lowest BCUT2D eigenvalue weighted by atomic mass is 10.1. The molecule has 0 saturated carbocycles. The number of thioether (sulfide) groups is 2. The molecule has 1 N–H and O–H groups in total. The second-order valence-corrected chi connectivity index (χ2v) is 10.5. The molecule has 1 aromatic rings. The quantitative estimate of drug-likeness (QED) is 0.393. The Balaban J connectivity index is 2.34. The first-order valence-electron chi connectivity index (χ1n) is 10.5. The van der Waals surface area contributed by atoms with E-state index in [2.05, 4.69) is 5.32 Å². The number of ether oxygens (including phenoxy) is 2. The van der Waals surface area contributed by atoms with Crippen molar-refractivity contribution in [2.24, 2.45) is 0 Å². The summed E-state index contributed by atoms with van der Waals surface area (Å²) in [6.07, 6.45) is 3.46. The van der Waals surface area contributed by atoms with Crippen LogP contribution in [0, 0.1) is 0 Å². The normalized spacial score (nSPS) is 11.1. The van der Waals surface area contributed by atoms with Crippen LogP contribution in [0.4, 0.5) is 4.79 Å². The molecule has 0 spiro atoms. The molecule has 174 valence electrons. The van der Waals surface area contributed by atoms with Gasteiger partial charge in [0, 0.05) is 31.9 Å². The van der Waals surface area contributed by atoms with Gasteiger partial charge in [-0.3, -0.25) is 9.59 Å². The van der Waals surface area contributed by atoms with E-state index in [1.54, 1.807) is 13.8 Å². The van der Waals surface area contributed by atoms with Crippen molar-refractivity contribution in [3.63, 3.8) is 0 Å². The Morgan fingerprint density at radius 3 is 2.13 bits per heavy atom. The van der Waals surface area contributed by atoms with E-state index in [9.17, 15) is 14.4 Å². The summed E-state index contributed by atoms with van der Waals surface area (Å²) in [6.45, 7) is 9.85. The highest BCUT2D eigenvalue weighted by atomic mass is 32.2. The zero-order valence-electron chi connectivity index (χ0n) is 19.2. The highest BCUT2D eigenvalue weighted by Gasteiger charge is 2.15. The SMILES string of the molecule is CC(=O)SCc1ccc(OCCCCCCNC(=O)OC(C)(C)C)cc1CSC(C)=O. The maximum Gasteiger partial charge on any atom is 0.407 e. The maximum absolute atomic E-state index is 11.6. The summed E-state index contributed by atoms with van der Waals surface area (Å²) >= 11 is 2.52. The number of unbranched alkanes of at least 4 members (excludes halogenated alkanes) is 3. The first kappa shape index (κ1) is 27.4. The first-order valence-corrected chi connectivity index (χ1v) is 12.5. The second kappa shape index (κ2) is 14.4. The number of alkyl carbamates (subject to hydrolysis) is 1. The van der Waals surface area contributed by atoms with Crippen LogP contribution in [0.25, 0.3) is 0 Å². The Hall–Kier alpha value is -1.67. The molecule has 0 atom stereocenters. The third-order valence-electron chi connectivity index (χ3n) is 4.05. The van der Waals surface area contributed by atoms with Crippen LogP contribution in [0.2, 0.25) is 0 Å². The lowest BCUT2D eigenvalue weighted by Gasteiger charge is -2.19. The van der Waals surface area contributed by atoms with Gasteiger partial charge in [0.15, 0.2) is 10.2 Å². The van der Waals surface area contributed by atoms with Gasteiger partial charge in [-0.1, -0.05) is 42.4 Å². The molecule has 1 rings (SSSR count). The molecule has 0 fully saturated rings. The van der Waals surface area contributed by atoms with Crippen molar-refractivity contribution in [2.45, 2.75) is 77.4 Å². The zero-order chi connectivity index (χ0) is 23.3. The molecule has 0 aliphatic carbocycles. The fraction of sp³-hybridized carbons (Fsp3) is 0.609. The summed E-state index contributed by atoms with van der Waals surface area (Å²) in [5, 5.41) is 2.91. The van der Waals surface area contributed by atoms with Crippen LogP contribution in [-0.2, 0) is 25.8 Å². The minimum absolute atomic E-state index is 0.0673. The van der Waals surface area contributed by atoms with Crippen LogP contribution < -0.4 is 10.1 Å². The lowest BCUT2D eigenvalue weighted by Crippen LogP contribution is -2.32. The van der Waals surface area contributed by atoms with Gasteiger partial charge in [-0.05, 0) is 56.9 Å². The summed E-state index contributed by atoms with van der Waals surface area (Å²) in [6, 6.07) is 5.86. The molecule has 6 nitrogen and oxygen atoms in total. The van der Waals surface area contributed by atoms with Crippen LogP contribution >= 0.6 is 23.5 Å². The Morgan fingerprint density at radius 2 is 1.52 bits per heavy atom. The van der Waals surface area contributed by atoms with Gasteiger partial charge < -0.3 is 14.8 Å². The van der Waals surface area contributed by atoms with Gasteiger partial charge in [0.05, 0.1) is 6.61 Å². The monoisotopic (exact) mass is 469 g/mol. The molecule has 0 radical (unpaired) electrons. The van der Waals surface area contributed by atoms with E-state index in [4.69, 9.17) is 9.47 Å². The van der Waals surface area contributed by atoms with E-state index >= 15 is 0 Å². The van der Waals surface area contributed by atoms with E-state index < -0.39 is 5.60 Å². The molecule has 0 bridgehead atoms. The average molecular weight is 470 g/mol. The predicted molar refractivity (Wildman–Crippen MR) is 129 cm³/mol. The number of carbonyl (C=O) groups is 3. The van der Waals surface area contributed by atoms with Crippen molar-refractivity contribution in [2.75, 3.05) is 13.2 Å². The predicted octanol–water partition coefficient (Wildman–Crippen LogP) is 5.71. The third kappa shape index (κ3) is 14.1. The van der Waals surface area contributed by atoms with Crippen LogP contribution in [-0.4, -0.2) is 35.1 Å². The number of benzene rings is 1.